The van der Waals surface area contributed by atoms with Crippen LogP contribution in [-0.4, -0.2) is 63.9 Å². The van der Waals surface area contributed by atoms with E-state index in [1.54, 1.807) is 18.2 Å². The number of halogens is 3. The Balaban J connectivity index is 0.00000370. The molecule has 2 aromatic carbocycles. The molecule has 1 aliphatic carbocycles. The minimum absolute atomic E-state index is 0. The first-order valence-electron chi connectivity index (χ1n) is 13.5. The van der Waals surface area contributed by atoms with Gasteiger partial charge < -0.3 is 20.2 Å². The summed E-state index contributed by atoms with van der Waals surface area (Å²) in [5.74, 6) is -3.38. The van der Waals surface area contributed by atoms with Crippen LogP contribution in [0.25, 0.3) is 0 Å². The Kier molecular flexibility index (Phi) is 8.87. The number of aryl methyl sites for hydroxylation is 1. The Bertz CT molecular complexity index is 1330. The second-order valence-electron chi connectivity index (χ2n) is 11.2. The Labute approximate surface area is 240 Å². The molecule has 220 valence electrons. The number of nitrogens with one attached hydrogen (secondary N) is 2. The van der Waals surface area contributed by atoms with Gasteiger partial charge in [0.1, 0.15) is 0 Å². The first-order valence-corrected chi connectivity index (χ1v) is 15.2. The smallest absolute Gasteiger partial charge is 0.257 e. The molecule has 2 saturated heterocycles. The molecule has 3 aliphatic rings. The third-order valence-electron chi connectivity index (χ3n) is 8.18. The summed E-state index contributed by atoms with van der Waals surface area (Å²) in [5, 5.41) is 12.1. The number of hydrogen-bond acceptors (Lipinski definition) is 6. The van der Waals surface area contributed by atoms with Gasteiger partial charge in [-0.25, -0.2) is 17.2 Å². The van der Waals surface area contributed by atoms with Gasteiger partial charge in [0.05, 0.1) is 29.3 Å². The van der Waals surface area contributed by atoms with Gasteiger partial charge in [-0.15, -0.1) is 12.4 Å². The number of carbonyl (C=O) groups is 1. The van der Waals surface area contributed by atoms with Crippen LogP contribution in [0.5, 0.6) is 0 Å². The molecule has 0 radical (unpaired) electrons. The number of aliphatic hydroxyl groups excluding tert-OH is 1. The number of benzene rings is 2. The number of aliphatic hydroxyl groups is 1. The number of amides is 1. The third-order valence-corrected chi connectivity index (χ3v) is 9.44. The van der Waals surface area contributed by atoms with E-state index in [-0.39, 0.29) is 44.2 Å². The molecule has 0 unspecified atom stereocenters. The Morgan fingerprint density at radius 3 is 2.20 bits per heavy atom. The van der Waals surface area contributed by atoms with Gasteiger partial charge in [0, 0.05) is 50.4 Å². The molecular formula is C28H37ClF2N4O4S. The van der Waals surface area contributed by atoms with Gasteiger partial charge in [0.15, 0.2) is 0 Å². The average molecular weight is 599 g/mol. The lowest BCUT2D eigenvalue weighted by molar-refractivity contribution is -0.0220. The Hall–Kier alpha value is -2.63. The first kappa shape index (κ1) is 30.3. The van der Waals surface area contributed by atoms with E-state index in [1.807, 2.05) is 30.0 Å². The number of sulfonamides is 1. The second kappa shape index (κ2) is 11.7. The highest BCUT2D eigenvalue weighted by Crippen LogP contribution is 2.54. The molecule has 1 spiro atoms. The van der Waals surface area contributed by atoms with Crippen molar-refractivity contribution in [3.8, 4) is 0 Å². The molecular weight excluding hydrogens is 562 g/mol. The molecule has 0 bridgehead atoms. The first-order chi connectivity index (χ1) is 18.5. The topological polar surface area (TPSA) is 102 Å². The molecule has 2 aromatic rings. The molecule has 8 nitrogen and oxygen atoms in total. The van der Waals surface area contributed by atoms with Crippen molar-refractivity contribution >= 4 is 51.1 Å². The maximum Gasteiger partial charge on any atom is 0.257 e. The van der Waals surface area contributed by atoms with Crippen molar-refractivity contribution in [3.05, 3.63) is 47.5 Å². The summed E-state index contributed by atoms with van der Waals surface area (Å²) in [6.07, 6.45) is 4.14. The summed E-state index contributed by atoms with van der Waals surface area (Å²) in [7, 11) is -3.72. The largest absolute Gasteiger partial charge is 0.395 e. The summed E-state index contributed by atoms with van der Waals surface area (Å²) >= 11 is 0. The zero-order valence-corrected chi connectivity index (χ0v) is 24.2. The van der Waals surface area contributed by atoms with Crippen molar-refractivity contribution < 1.29 is 27.1 Å². The van der Waals surface area contributed by atoms with E-state index in [0.717, 1.165) is 37.2 Å². The van der Waals surface area contributed by atoms with Crippen LogP contribution in [0.15, 0.2) is 36.4 Å². The fourth-order valence-electron chi connectivity index (χ4n) is 5.61. The van der Waals surface area contributed by atoms with E-state index in [1.165, 1.54) is 12.8 Å². The van der Waals surface area contributed by atoms with Gasteiger partial charge in [0.2, 0.25) is 10.0 Å². The van der Waals surface area contributed by atoms with Gasteiger partial charge in [0.25, 0.3) is 11.8 Å². The lowest BCUT2D eigenvalue weighted by Crippen LogP contribution is -2.39. The van der Waals surface area contributed by atoms with E-state index in [9.17, 15) is 22.0 Å². The van der Waals surface area contributed by atoms with Crippen molar-refractivity contribution in [1.29, 1.82) is 0 Å². The van der Waals surface area contributed by atoms with Crippen LogP contribution in [0.4, 0.5) is 31.5 Å². The standard InChI is InChI=1S/C28H36F2N4O4S.ClH/c1-20-16-22(18-23(17-20)33-12-8-28(29,30)9-13-33)31-26(36)24-3-2-21(32-39(37,38)15-14-35)19-25(24)34-10-6-27(4-5-27)7-11-34;/h2-3,16-19,32,35H,4-15H2,1H3,(H,31,36);1H. The van der Waals surface area contributed by atoms with Gasteiger partial charge in [-0.1, -0.05) is 0 Å². The number of hydrogen-bond donors (Lipinski definition) is 3. The lowest BCUT2D eigenvalue weighted by Gasteiger charge is -2.35. The van der Waals surface area contributed by atoms with Gasteiger partial charge in [-0.2, -0.15) is 0 Å². The SMILES string of the molecule is Cc1cc(NC(=O)c2ccc(NS(=O)(=O)CCO)cc2N2CCC3(CC2)CC3)cc(N2CCC(F)(F)CC2)c1.Cl. The second-order valence-corrected chi connectivity index (χ2v) is 13.1. The highest BCUT2D eigenvalue weighted by atomic mass is 35.5. The van der Waals surface area contributed by atoms with Crippen LogP contribution in [-0.2, 0) is 10.0 Å². The minimum Gasteiger partial charge on any atom is -0.395 e. The monoisotopic (exact) mass is 598 g/mol. The molecule has 2 aliphatic heterocycles. The van der Waals surface area contributed by atoms with E-state index in [4.69, 9.17) is 5.11 Å². The Morgan fingerprint density at radius 1 is 0.925 bits per heavy atom. The van der Waals surface area contributed by atoms with E-state index >= 15 is 0 Å². The quantitative estimate of drug-likeness (QED) is 0.394. The summed E-state index contributed by atoms with van der Waals surface area (Å²) in [6, 6.07) is 10.4. The molecule has 0 atom stereocenters. The van der Waals surface area contributed by atoms with Crippen molar-refractivity contribution in [2.75, 3.05) is 58.4 Å². The van der Waals surface area contributed by atoms with E-state index in [2.05, 4.69) is 14.9 Å². The predicted octanol–water partition coefficient (Wildman–Crippen LogP) is 5.02. The number of anilines is 4. The van der Waals surface area contributed by atoms with Crippen LogP contribution >= 0.6 is 12.4 Å². The number of piperidine rings is 2. The van der Waals surface area contributed by atoms with Gasteiger partial charge in [-0.3, -0.25) is 9.52 Å². The molecule has 40 heavy (non-hydrogen) atoms. The average Bonchev–Trinajstić information content (AvgIpc) is 3.62. The summed E-state index contributed by atoms with van der Waals surface area (Å²) in [6.45, 7) is 3.46. The number of carbonyl (C=O) groups excluding carboxylic acids is 1. The molecule has 0 aromatic heterocycles. The maximum absolute atomic E-state index is 13.7. The normalized spacial score (nSPS) is 19.6. The molecule has 1 amide bonds. The molecule has 5 rings (SSSR count). The van der Waals surface area contributed by atoms with Gasteiger partial charge in [-0.05, 0) is 80.0 Å². The predicted molar refractivity (Wildman–Crippen MR) is 157 cm³/mol. The Morgan fingerprint density at radius 2 is 1.57 bits per heavy atom. The lowest BCUT2D eigenvalue weighted by atomic mass is 9.93. The highest BCUT2D eigenvalue weighted by molar-refractivity contribution is 7.92. The summed E-state index contributed by atoms with van der Waals surface area (Å²) < 4.78 is 54.4. The van der Waals surface area contributed by atoms with Crippen LogP contribution < -0.4 is 19.8 Å². The fourth-order valence-corrected chi connectivity index (χ4v) is 6.43. The molecule has 3 N–H and O–H groups in total. The maximum atomic E-state index is 13.7. The molecule has 3 fully saturated rings. The molecule has 2 heterocycles. The minimum atomic E-state index is -3.72. The van der Waals surface area contributed by atoms with E-state index in [0.29, 0.717) is 28.0 Å². The van der Waals surface area contributed by atoms with Crippen LogP contribution in [0.3, 0.4) is 0 Å². The van der Waals surface area contributed by atoms with Crippen LogP contribution in [0, 0.1) is 12.3 Å². The van der Waals surface area contributed by atoms with Crippen LogP contribution in [0.2, 0.25) is 0 Å². The third kappa shape index (κ3) is 7.16. The fraction of sp³-hybridized carbons (Fsp3) is 0.536. The summed E-state index contributed by atoms with van der Waals surface area (Å²) in [5.41, 5.74) is 4.10. The number of rotatable bonds is 8. The van der Waals surface area contributed by atoms with Crippen LogP contribution in [0.1, 0.15) is 54.4 Å². The molecule has 1 saturated carbocycles. The highest BCUT2D eigenvalue weighted by Gasteiger charge is 2.44. The molecule has 12 heteroatoms. The number of nitrogens with zero attached hydrogens (tertiary/aromatic N) is 2. The summed E-state index contributed by atoms with van der Waals surface area (Å²) in [4.78, 5) is 17.6. The van der Waals surface area contributed by atoms with E-state index < -0.39 is 28.3 Å². The zero-order valence-electron chi connectivity index (χ0n) is 22.6. The van der Waals surface area contributed by atoms with Gasteiger partial charge >= 0.3 is 0 Å². The number of alkyl halides is 2. The van der Waals surface area contributed by atoms with Crippen molar-refractivity contribution in [2.45, 2.75) is 51.4 Å². The van der Waals surface area contributed by atoms with Crippen molar-refractivity contribution in [1.82, 2.24) is 0 Å². The zero-order chi connectivity index (χ0) is 27.8. The van der Waals surface area contributed by atoms with Crippen molar-refractivity contribution in [3.63, 3.8) is 0 Å². The van der Waals surface area contributed by atoms with Crippen molar-refractivity contribution in [2.24, 2.45) is 5.41 Å².